The summed E-state index contributed by atoms with van der Waals surface area (Å²) in [5.41, 5.74) is 3.77. The molecular formula is C41H44F7N7O5. The van der Waals surface area contributed by atoms with Gasteiger partial charge >= 0.3 is 18.8 Å². The Morgan fingerprint density at radius 1 is 1.05 bits per heavy atom. The molecule has 1 spiro atoms. The highest BCUT2D eigenvalue weighted by molar-refractivity contribution is 6.09. The summed E-state index contributed by atoms with van der Waals surface area (Å²) in [6.45, 7) is 0.688. The predicted molar refractivity (Wildman–Crippen MR) is 208 cm³/mol. The lowest BCUT2D eigenvalue weighted by atomic mass is 9.78. The minimum atomic E-state index is -4.98. The van der Waals surface area contributed by atoms with E-state index in [9.17, 15) is 36.6 Å². The molecule has 0 bridgehead atoms. The number of rotatable bonds is 15. The molecule has 2 aliphatic heterocycles. The Morgan fingerprint density at radius 3 is 2.22 bits per heavy atom. The number of allylic oxidation sites excluding steroid dienone is 1. The summed E-state index contributed by atoms with van der Waals surface area (Å²) < 4.78 is 107. The van der Waals surface area contributed by atoms with Crippen molar-refractivity contribution in [2.45, 2.75) is 57.7 Å². The summed E-state index contributed by atoms with van der Waals surface area (Å²) in [7, 11) is 0.909. The van der Waals surface area contributed by atoms with Crippen LogP contribution >= 0.6 is 0 Å². The van der Waals surface area contributed by atoms with Crippen molar-refractivity contribution >= 4 is 29.6 Å². The van der Waals surface area contributed by atoms with Crippen molar-refractivity contribution in [1.29, 1.82) is 0 Å². The van der Waals surface area contributed by atoms with Crippen LogP contribution in [0.5, 0.6) is 0 Å². The molecule has 5 rings (SSSR count). The average Bonchev–Trinajstić information content (AvgIpc) is 3.16. The molecule has 0 radical (unpaired) electrons. The fourth-order valence-electron chi connectivity index (χ4n) is 6.51. The maximum atomic E-state index is 15.0. The second-order valence-electron chi connectivity index (χ2n) is 15.1. The molecule has 2 fully saturated rings. The van der Waals surface area contributed by atoms with Crippen LogP contribution in [0.4, 0.5) is 41.3 Å². The van der Waals surface area contributed by atoms with Crippen LogP contribution in [0.2, 0.25) is 0 Å². The van der Waals surface area contributed by atoms with Gasteiger partial charge in [-0.2, -0.15) is 22.0 Å². The van der Waals surface area contributed by atoms with Gasteiger partial charge in [0.25, 0.3) is 0 Å². The molecule has 0 saturated carbocycles. The zero-order valence-corrected chi connectivity index (χ0v) is 32.8. The molecule has 2 aliphatic rings. The average molecular weight is 848 g/mol. The summed E-state index contributed by atoms with van der Waals surface area (Å²) >= 11 is 0. The summed E-state index contributed by atoms with van der Waals surface area (Å²) in [6, 6.07) is 8.53. The number of nitrogens with zero attached hydrogens (tertiary/aromatic N) is 3. The Morgan fingerprint density at radius 2 is 1.68 bits per heavy atom. The van der Waals surface area contributed by atoms with E-state index in [0.29, 0.717) is 36.8 Å². The molecule has 3 atom stereocenters. The van der Waals surface area contributed by atoms with Crippen molar-refractivity contribution in [2.75, 3.05) is 44.9 Å². The third-order valence-corrected chi connectivity index (χ3v) is 10.3. The van der Waals surface area contributed by atoms with Gasteiger partial charge in [0.15, 0.2) is 0 Å². The van der Waals surface area contributed by atoms with Gasteiger partial charge in [-0.3, -0.25) is 4.79 Å². The SMILES string of the molecule is COC(=O)N[C@H](C(=O)N[C@@H](Cc1ccc(C#Cc2ccc(N3CC4(COC4)C3)nc2)cc1)[C@@H](O)CNCc1c(F)cc(C(C=NC(F)F)=CN)cc1F)C(C)(C)C(F)(F)F. The fourth-order valence-corrected chi connectivity index (χ4v) is 6.51. The Balaban J connectivity index is 1.30. The number of nitrogens with one attached hydrogen (secondary N) is 3. The number of alkyl carbamates (subject to hydrolysis) is 1. The molecule has 3 heterocycles. The van der Waals surface area contributed by atoms with E-state index in [1.165, 1.54) is 0 Å². The first-order chi connectivity index (χ1) is 28.3. The molecule has 60 heavy (non-hydrogen) atoms. The Hall–Kier alpha value is -5.71. The van der Waals surface area contributed by atoms with E-state index in [1.54, 1.807) is 30.5 Å². The first-order valence-electron chi connectivity index (χ1n) is 18.6. The number of aliphatic imine (C=N–C) groups is 1. The smallest absolute Gasteiger partial charge is 0.407 e. The molecule has 19 heteroatoms. The number of hydrogen-bond acceptors (Lipinski definition) is 10. The monoisotopic (exact) mass is 847 g/mol. The number of aliphatic hydroxyl groups excluding tert-OH is 1. The zero-order chi connectivity index (χ0) is 43.8. The fraction of sp³-hybridized carbons (Fsp3) is 0.415. The molecule has 6 N–H and O–H groups in total. The van der Waals surface area contributed by atoms with Crippen molar-refractivity contribution in [3.8, 4) is 11.8 Å². The molecule has 0 unspecified atom stereocenters. The molecule has 12 nitrogen and oxygen atoms in total. The van der Waals surface area contributed by atoms with Crippen LogP contribution in [0.15, 0.2) is 65.9 Å². The molecule has 2 aromatic carbocycles. The second-order valence-corrected chi connectivity index (χ2v) is 15.1. The molecule has 0 aliphatic carbocycles. The number of hydrogen-bond donors (Lipinski definition) is 5. The number of anilines is 1. The van der Waals surface area contributed by atoms with Gasteiger partial charge in [-0.05, 0) is 67.8 Å². The Labute approximate surface area is 341 Å². The topological polar surface area (TPSA) is 163 Å². The van der Waals surface area contributed by atoms with Gasteiger partial charge < -0.3 is 41.2 Å². The normalized spacial score (nSPS) is 16.7. The van der Waals surface area contributed by atoms with Crippen molar-refractivity contribution in [1.82, 2.24) is 20.9 Å². The number of aromatic nitrogens is 1. The third kappa shape index (κ3) is 11.1. The van der Waals surface area contributed by atoms with Crippen LogP contribution in [0.1, 0.15) is 41.7 Å². The number of nitrogens with two attached hydrogens (primary N) is 1. The number of pyridine rings is 1. The van der Waals surface area contributed by atoms with E-state index in [2.05, 4.69) is 42.1 Å². The molecule has 1 aromatic heterocycles. The minimum Gasteiger partial charge on any atom is -0.453 e. The highest BCUT2D eigenvalue weighted by Gasteiger charge is 2.56. The van der Waals surface area contributed by atoms with Gasteiger partial charge in [-0.1, -0.05) is 24.0 Å². The molecular weight excluding hydrogens is 803 g/mol. The van der Waals surface area contributed by atoms with E-state index in [-0.39, 0.29) is 23.0 Å². The molecule has 2 saturated heterocycles. The second kappa shape index (κ2) is 19.1. The van der Waals surface area contributed by atoms with Gasteiger partial charge in [0.1, 0.15) is 23.5 Å². The van der Waals surface area contributed by atoms with E-state index >= 15 is 8.78 Å². The van der Waals surface area contributed by atoms with Gasteiger partial charge in [0, 0.05) is 67.1 Å². The number of methoxy groups -OCH3 is 1. The van der Waals surface area contributed by atoms with Crippen LogP contribution in [0.25, 0.3) is 5.57 Å². The maximum absolute atomic E-state index is 15.0. The number of amides is 2. The number of alkyl halides is 5. The number of ether oxygens (including phenoxy) is 2. The van der Waals surface area contributed by atoms with Crippen molar-refractivity contribution in [3.05, 3.63) is 100 Å². The lowest BCUT2D eigenvalue weighted by Crippen LogP contribution is -2.66. The van der Waals surface area contributed by atoms with Crippen LogP contribution < -0.4 is 26.6 Å². The minimum absolute atomic E-state index is 0.152. The third-order valence-electron chi connectivity index (χ3n) is 10.3. The highest BCUT2D eigenvalue weighted by atomic mass is 19.4. The van der Waals surface area contributed by atoms with E-state index < -0.39 is 78.6 Å². The first kappa shape index (κ1) is 45.4. The summed E-state index contributed by atoms with van der Waals surface area (Å²) in [6.07, 6.45) is -4.85. The van der Waals surface area contributed by atoms with Crippen molar-refractivity contribution in [2.24, 2.45) is 21.6 Å². The van der Waals surface area contributed by atoms with Gasteiger partial charge in [-0.25, -0.2) is 23.6 Å². The molecule has 2 amide bonds. The lowest BCUT2D eigenvalue weighted by Gasteiger charge is -2.55. The van der Waals surface area contributed by atoms with Gasteiger partial charge in [-0.15, -0.1) is 0 Å². The van der Waals surface area contributed by atoms with Crippen LogP contribution in [-0.2, 0) is 27.2 Å². The maximum Gasteiger partial charge on any atom is 0.407 e. The number of carbonyl (C=O) groups excluding carboxylic acids is 2. The Bertz CT molecular complexity index is 2090. The number of aliphatic hydroxyl groups is 1. The van der Waals surface area contributed by atoms with Gasteiger partial charge in [0.05, 0.1) is 43.3 Å². The molecule has 322 valence electrons. The largest absolute Gasteiger partial charge is 0.453 e. The van der Waals surface area contributed by atoms with Crippen molar-refractivity contribution < 1.29 is 54.9 Å². The highest BCUT2D eigenvalue weighted by Crippen LogP contribution is 2.41. The summed E-state index contributed by atoms with van der Waals surface area (Å²) in [5, 5.41) is 18.3. The Kier molecular flexibility index (Phi) is 14.5. The number of halogens is 7. The van der Waals surface area contributed by atoms with E-state index in [1.807, 2.05) is 17.4 Å². The van der Waals surface area contributed by atoms with Crippen LogP contribution in [0, 0.1) is 34.3 Å². The van der Waals surface area contributed by atoms with E-state index in [0.717, 1.165) is 57.6 Å². The summed E-state index contributed by atoms with van der Waals surface area (Å²) in [5.74, 6) is 3.45. The quantitative estimate of drug-likeness (QED) is 0.0633. The van der Waals surface area contributed by atoms with Crippen LogP contribution in [0.3, 0.4) is 0 Å². The number of benzene rings is 2. The first-order valence-corrected chi connectivity index (χ1v) is 18.6. The summed E-state index contributed by atoms with van der Waals surface area (Å²) in [4.78, 5) is 35.2. The number of carbonyl (C=O) groups is 2. The molecule has 3 aromatic rings. The van der Waals surface area contributed by atoms with E-state index in [4.69, 9.17) is 10.5 Å². The standard InChI is InChI=1S/C41H44F7N7O5/c1-39(2,41(46,47)48)35(54-38(58)59-3)36(57)53-32(33(56)19-50-18-29-30(42)13-27(14-31(29)43)28(15-49)17-52-37(44)45)12-25-7-4-24(5-8-25)6-9-26-10-11-34(51-16-26)55-20-40(21-55)22-60-23-40/h4-5,7-8,10-11,13-17,32-33,35,37,50,56H,12,18-23,49H2,1-3H3,(H,53,57)(H,54,58)/t32-,33-,35+/m0/s1. The van der Waals surface area contributed by atoms with Crippen LogP contribution in [-0.4, -0.2) is 99.2 Å². The zero-order valence-electron chi connectivity index (χ0n) is 32.8. The van der Waals surface area contributed by atoms with Crippen molar-refractivity contribution in [3.63, 3.8) is 0 Å². The predicted octanol–water partition coefficient (Wildman–Crippen LogP) is 4.68. The van der Waals surface area contributed by atoms with Gasteiger partial charge in [0.2, 0.25) is 5.91 Å². The lowest BCUT2D eigenvalue weighted by molar-refractivity contribution is -0.220.